The lowest BCUT2D eigenvalue weighted by Gasteiger charge is -2.36. The molecular formula is C27H30ClN3O5S. The minimum atomic E-state index is -0.879. The van der Waals surface area contributed by atoms with Crippen molar-refractivity contribution < 1.29 is 18.7 Å². The lowest BCUT2D eigenvalue weighted by molar-refractivity contribution is -0.121. The van der Waals surface area contributed by atoms with Gasteiger partial charge in [0.05, 0.1) is 11.2 Å². The molecule has 0 saturated heterocycles. The normalized spacial score (nSPS) is 22.7. The smallest absolute Gasteiger partial charge is 0.254 e. The molecule has 10 heteroatoms. The number of carbonyl (C=O) groups excluding carboxylic acids is 1. The summed E-state index contributed by atoms with van der Waals surface area (Å²) in [4.78, 5) is 33.6. The highest BCUT2D eigenvalue weighted by atomic mass is 35.5. The zero-order valence-electron chi connectivity index (χ0n) is 21.3. The number of H-pyrrole nitrogens is 1. The van der Waals surface area contributed by atoms with Crippen molar-refractivity contribution in [1.29, 1.82) is 0 Å². The number of aryl methyl sites for hydroxylation is 1. The van der Waals surface area contributed by atoms with Crippen molar-refractivity contribution >= 4 is 29.3 Å². The molecule has 8 nitrogen and oxygen atoms in total. The van der Waals surface area contributed by atoms with Gasteiger partial charge in [0.1, 0.15) is 6.26 Å². The number of ether oxygens (including phenoxy) is 2. The van der Waals surface area contributed by atoms with Crippen LogP contribution in [0.25, 0.3) is 0 Å². The second-order valence-electron chi connectivity index (χ2n) is 9.84. The van der Waals surface area contributed by atoms with Crippen LogP contribution in [0.1, 0.15) is 71.6 Å². The summed E-state index contributed by atoms with van der Waals surface area (Å²) in [5.74, 6) is 0.977. The third-order valence-corrected chi connectivity index (χ3v) is 8.52. The predicted molar refractivity (Wildman–Crippen MR) is 142 cm³/mol. The number of oxazole rings is 1. The fraction of sp³-hybridized carbons (Fsp3) is 0.444. The Balaban J connectivity index is 1.31. The number of pyridine rings is 1. The van der Waals surface area contributed by atoms with Gasteiger partial charge in [-0.15, -0.1) is 11.8 Å². The van der Waals surface area contributed by atoms with E-state index >= 15 is 0 Å². The average Bonchev–Trinajstić information content (AvgIpc) is 3.54. The summed E-state index contributed by atoms with van der Waals surface area (Å²) in [7, 11) is 0. The van der Waals surface area contributed by atoms with Crippen molar-refractivity contribution in [1.82, 2.24) is 15.3 Å². The Morgan fingerprint density at radius 1 is 1.22 bits per heavy atom. The molecule has 1 fully saturated rings. The molecule has 37 heavy (non-hydrogen) atoms. The molecule has 0 radical (unpaired) electrons. The van der Waals surface area contributed by atoms with Crippen LogP contribution in [-0.2, 0) is 6.54 Å². The Hall–Kier alpha value is -2.91. The quantitative estimate of drug-likeness (QED) is 0.381. The number of nitrogens with one attached hydrogen (secondary N) is 2. The molecule has 3 heterocycles. The molecule has 1 unspecified atom stereocenters. The van der Waals surface area contributed by atoms with Crippen molar-refractivity contribution in [2.75, 3.05) is 6.26 Å². The molecule has 1 atom stereocenters. The van der Waals surface area contributed by atoms with Crippen LogP contribution in [-0.4, -0.2) is 27.9 Å². The Morgan fingerprint density at radius 3 is 2.62 bits per heavy atom. The van der Waals surface area contributed by atoms with Crippen LogP contribution in [0.2, 0.25) is 5.02 Å². The second kappa shape index (κ2) is 10.1. The number of benzene rings is 1. The van der Waals surface area contributed by atoms with E-state index in [1.165, 1.54) is 11.8 Å². The van der Waals surface area contributed by atoms with Gasteiger partial charge in [0.15, 0.2) is 17.4 Å². The van der Waals surface area contributed by atoms with E-state index in [1.54, 1.807) is 18.5 Å². The van der Waals surface area contributed by atoms with Gasteiger partial charge in [-0.1, -0.05) is 11.6 Å². The summed E-state index contributed by atoms with van der Waals surface area (Å²) >= 11 is 8.06. The van der Waals surface area contributed by atoms with Crippen molar-refractivity contribution in [2.24, 2.45) is 5.92 Å². The van der Waals surface area contributed by atoms with Crippen LogP contribution < -0.4 is 20.3 Å². The molecule has 2 aromatic heterocycles. The van der Waals surface area contributed by atoms with Crippen LogP contribution in [0.4, 0.5) is 0 Å². The number of nitrogens with zero attached hydrogens (tertiary/aromatic N) is 1. The monoisotopic (exact) mass is 543 g/mol. The van der Waals surface area contributed by atoms with Crippen LogP contribution in [0.3, 0.4) is 0 Å². The fourth-order valence-corrected chi connectivity index (χ4v) is 6.29. The third-order valence-electron chi connectivity index (χ3n) is 7.44. The number of rotatable bonds is 6. The summed E-state index contributed by atoms with van der Waals surface area (Å²) in [5.41, 5.74) is 2.12. The predicted octanol–water partition coefficient (Wildman–Crippen LogP) is 5.75. The number of carbonyl (C=O) groups is 1. The Morgan fingerprint density at radius 2 is 1.95 bits per heavy atom. The summed E-state index contributed by atoms with van der Waals surface area (Å²) in [6, 6.07) is 3.50. The van der Waals surface area contributed by atoms with Crippen molar-refractivity contribution in [3.05, 3.63) is 68.2 Å². The number of aromatic amines is 1. The number of amides is 1. The zero-order valence-corrected chi connectivity index (χ0v) is 22.8. The number of hydrogen-bond donors (Lipinski definition) is 2. The van der Waals surface area contributed by atoms with Gasteiger partial charge in [0, 0.05) is 52.6 Å². The highest BCUT2D eigenvalue weighted by Gasteiger charge is 2.47. The minimum absolute atomic E-state index is 0.0988. The van der Waals surface area contributed by atoms with Gasteiger partial charge in [0.25, 0.3) is 17.3 Å². The lowest BCUT2D eigenvalue weighted by atomic mass is 9.78. The van der Waals surface area contributed by atoms with Crippen LogP contribution in [0.5, 0.6) is 11.5 Å². The summed E-state index contributed by atoms with van der Waals surface area (Å²) < 4.78 is 18.2. The van der Waals surface area contributed by atoms with E-state index in [0.29, 0.717) is 39.1 Å². The van der Waals surface area contributed by atoms with E-state index in [9.17, 15) is 9.59 Å². The van der Waals surface area contributed by atoms with Crippen molar-refractivity contribution in [3.63, 3.8) is 0 Å². The Kier molecular flexibility index (Phi) is 7.02. The van der Waals surface area contributed by atoms with Gasteiger partial charge in [-0.3, -0.25) is 9.59 Å². The third kappa shape index (κ3) is 4.86. The van der Waals surface area contributed by atoms with Crippen LogP contribution >= 0.6 is 23.4 Å². The van der Waals surface area contributed by atoms with Gasteiger partial charge < -0.3 is 24.2 Å². The van der Waals surface area contributed by atoms with Crippen LogP contribution in [0, 0.1) is 19.8 Å². The number of hydrogen-bond acceptors (Lipinski definition) is 7. The first kappa shape index (κ1) is 25.7. The summed E-state index contributed by atoms with van der Waals surface area (Å²) in [6.07, 6.45) is 8.84. The number of fused-ring (bicyclic) bond motifs is 1. The second-order valence-corrected chi connectivity index (χ2v) is 11.1. The first-order chi connectivity index (χ1) is 17.7. The van der Waals surface area contributed by atoms with E-state index < -0.39 is 5.79 Å². The van der Waals surface area contributed by atoms with E-state index in [-0.39, 0.29) is 23.9 Å². The van der Waals surface area contributed by atoms with Gasteiger partial charge >= 0.3 is 0 Å². The molecule has 0 bridgehead atoms. The van der Waals surface area contributed by atoms with Crippen molar-refractivity contribution in [3.8, 4) is 11.5 Å². The Bertz CT molecular complexity index is 1380. The first-order valence-electron chi connectivity index (χ1n) is 12.4. The maximum absolute atomic E-state index is 13.2. The topological polar surface area (TPSA) is 106 Å². The first-order valence-corrected chi connectivity index (χ1v) is 14.0. The average molecular weight is 544 g/mol. The maximum atomic E-state index is 13.2. The summed E-state index contributed by atoms with van der Waals surface area (Å²) in [5, 5.41) is 3.19. The number of thioether (sulfide) groups is 1. The van der Waals surface area contributed by atoms with E-state index in [4.69, 9.17) is 25.5 Å². The van der Waals surface area contributed by atoms with Gasteiger partial charge in [-0.05, 0) is 57.9 Å². The summed E-state index contributed by atoms with van der Waals surface area (Å²) in [6.45, 7) is 5.69. The number of aromatic nitrogens is 2. The Labute approximate surface area is 224 Å². The molecule has 1 saturated carbocycles. The van der Waals surface area contributed by atoms with Crippen molar-refractivity contribution in [2.45, 2.75) is 69.6 Å². The highest BCUT2D eigenvalue weighted by Crippen LogP contribution is 2.52. The lowest BCUT2D eigenvalue weighted by Crippen LogP contribution is -2.44. The molecule has 1 aliphatic carbocycles. The molecule has 1 aromatic carbocycles. The molecular weight excluding hydrogens is 514 g/mol. The zero-order chi connectivity index (χ0) is 26.3. The van der Waals surface area contributed by atoms with E-state index in [2.05, 4.69) is 15.3 Å². The standard InChI is InChI=1S/C27H30ClN3O5S/c1-14-11-21(37-4)19(25(33)31-14)13-30-24(32)18-12-20(28)23-22(15(18)2)35-27(3,36-23)17-7-5-16(6-8-17)26-29-9-10-34-26/h9-12,16-17H,5-8,13H2,1-4H3,(H,30,32)(H,31,33). The fourth-order valence-electron chi connectivity index (χ4n) is 5.35. The highest BCUT2D eigenvalue weighted by molar-refractivity contribution is 7.98. The van der Waals surface area contributed by atoms with Gasteiger partial charge in [0.2, 0.25) is 0 Å². The molecule has 196 valence electrons. The molecule has 3 aromatic rings. The number of halogens is 1. The molecule has 0 spiro atoms. The molecule has 2 N–H and O–H groups in total. The molecule has 2 aliphatic rings. The van der Waals surface area contributed by atoms with Gasteiger partial charge in [-0.25, -0.2) is 4.98 Å². The maximum Gasteiger partial charge on any atom is 0.254 e. The van der Waals surface area contributed by atoms with Gasteiger partial charge in [-0.2, -0.15) is 0 Å². The van der Waals surface area contributed by atoms with Crippen LogP contribution in [0.15, 0.2) is 38.7 Å². The minimum Gasteiger partial charge on any atom is -0.449 e. The largest absolute Gasteiger partial charge is 0.449 e. The molecule has 1 amide bonds. The van der Waals surface area contributed by atoms with E-state index in [1.807, 2.05) is 33.1 Å². The molecule has 5 rings (SSSR count). The SMILES string of the molecule is CSc1cc(C)[nH]c(=O)c1CNC(=O)c1cc(Cl)c2c(c1C)OC(C)(C1CCC(c3ncco3)CC1)O2. The van der Waals surface area contributed by atoms with E-state index in [0.717, 1.165) is 42.2 Å². The molecule has 1 aliphatic heterocycles.